The highest BCUT2D eigenvalue weighted by Gasteiger charge is 2.38. The molecule has 0 radical (unpaired) electrons. The van der Waals surface area contributed by atoms with E-state index in [9.17, 15) is 31.1 Å². The van der Waals surface area contributed by atoms with Crippen molar-refractivity contribution < 1.29 is 31.1 Å². The largest absolute Gasteiger partial charge is 0.417 e. The highest BCUT2D eigenvalue weighted by atomic mass is 19.4. The monoisotopic (exact) mass is 384 g/mol. The Kier molecular flexibility index (Phi) is 4.54. The maximum atomic E-state index is 13.2. The van der Waals surface area contributed by atoms with Crippen molar-refractivity contribution in [3.8, 4) is 0 Å². The van der Waals surface area contributed by atoms with Crippen LogP contribution in [0.15, 0.2) is 54.7 Å². The molecule has 0 spiro atoms. The molecular weight excluding hydrogens is 374 g/mol. The average Bonchev–Trinajstić information content (AvgIpc) is 2.60. The van der Waals surface area contributed by atoms with Gasteiger partial charge in [0.15, 0.2) is 0 Å². The minimum absolute atomic E-state index is 0.0867. The Morgan fingerprint density at radius 1 is 0.889 bits per heavy atom. The molecule has 3 nitrogen and oxygen atoms in total. The number of halogens is 6. The summed E-state index contributed by atoms with van der Waals surface area (Å²) in [5, 5.41) is 2.83. The molecule has 1 aromatic heterocycles. The molecule has 0 fully saturated rings. The molecule has 140 valence electrons. The predicted molar refractivity (Wildman–Crippen MR) is 86.1 cm³/mol. The maximum Gasteiger partial charge on any atom is 0.417 e. The van der Waals surface area contributed by atoms with Gasteiger partial charge in [0.1, 0.15) is 0 Å². The molecule has 1 amide bonds. The minimum atomic E-state index is -4.99. The van der Waals surface area contributed by atoms with Crippen molar-refractivity contribution in [3.63, 3.8) is 0 Å². The number of para-hydroxylation sites is 1. The van der Waals surface area contributed by atoms with Crippen LogP contribution >= 0.6 is 0 Å². The molecule has 0 unspecified atom stereocenters. The normalized spacial score (nSPS) is 12.2. The van der Waals surface area contributed by atoms with E-state index < -0.39 is 35.0 Å². The first kappa shape index (κ1) is 18.7. The Morgan fingerprint density at radius 3 is 2.26 bits per heavy atom. The summed E-state index contributed by atoms with van der Waals surface area (Å²) < 4.78 is 78.1. The number of hydrogen-bond acceptors (Lipinski definition) is 2. The van der Waals surface area contributed by atoms with Crippen molar-refractivity contribution in [2.75, 3.05) is 5.32 Å². The van der Waals surface area contributed by atoms with Crippen molar-refractivity contribution in [2.24, 2.45) is 0 Å². The van der Waals surface area contributed by atoms with E-state index in [0.717, 1.165) is 0 Å². The third kappa shape index (κ3) is 3.86. The molecule has 0 aliphatic carbocycles. The molecular formula is C18H10F6N2O. The summed E-state index contributed by atoms with van der Waals surface area (Å²) in [6, 6.07) is 8.63. The first-order valence-corrected chi connectivity index (χ1v) is 7.51. The summed E-state index contributed by atoms with van der Waals surface area (Å²) in [7, 11) is 0. The number of nitrogens with zero attached hydrogens (tertiary/aromatic N) is 1. The van der Waals surface area contributed by atoms with Crippen molar-refractivity contribution in [3.05, 3.63) is 71.4 Å². The molecule has 9 heteroatoms. The van der Waals surface area contributed by atoms with Crippen LogP contribution in [-0.4, -0.2) is 10.9 Å². The average molecular weight is 384 g/mol. The van der Waals surface area contributed by atoms with Crippen LogP contribution in [0.25, 0.3) is 10.9 Å². The number of alkyl halides is 6. The Bertz CT molecular complexity index is 1010. The summed E-state index contributed by atoms with van der Waals surface area (Å²) in [4.78, 5) is 16.4. The number of anilines is 1. The molecule has 0 atom stereocenters. The van der Waals surface area contributed by atoms with Gasteiger partial charge in [0.2, 0.25) is 0 Å². The van der Waals surface area contributed by atoms with Crippen LogP contribution in [0.2, 0.25) is 0 Å². The number of amides is 1. The molecule has 0 saturated heterocycles. The van der Waals surface area contributed by atoms with Gasteiger partial charge in [0, 0.05) is 11.6 Å². The van der Waals surface area contributed by atoms with Crippen LogP contribution in [0.3, 0.4) is 0 Å². The smallest absolute Gasteiger partial charge is 0.320 e. The lowest BCUT2D eigenvalue weighted by molar-refractivity contribution is -0.141. The summed E-state index contributed by atoms with van der Waals surface area (Å²) in [5.41, 5.74) is -3.54. The zero-order valence-electron chi connectivity index (χ0n) is 13.3. The van der Waals surface area contributed by atoms with E-state index in [-0.39, 0.29) is 17.8 Å². The van der Waals surface area contributed by atoms with Gasteiger partial charge in [-0.05, 0) is 30.3 Å². The quantitative estimate of drug-likeness (QED) is 0.591. The summed E-state index contributed by atoms with van der Waals surface area (Å²) in [5.74, 6) is -1.31. The van der Waals surface area contributed by atoms with Crippen LogP contribution < -0.4 is 5.32 Å². The zero-order valence-corrected chi connectivity index (χ0v) is 13.3. The molecule has 2 aromatic carbocycles. The van der Waals surface area contributed by atoms with Crippen molar-refractivity contribution in [1.82, 2.24) is 4.98 Å². The Morgan fingerprint density at radius 2 is 1.59 bits per heavy atom. The number of nitrogens with one attached hydrogen (secondary N) is 1. The topological polar surface area (TPSA) is 42.0 Å². The van der Waals surface area contributed by atoms with Gasteiger partial charge >= 0.3 is 12.4 Å². The molecule has 1 heterocycles. The van der Waals surface area contributed by atoms with Crippen LogP contribution in [0.4, 0.5) is 32.0 Å². The first-order valence-electron chi connectivity index (χ1n) is 7.51. The molecule has 3 rings (SSSR count). The lowest BCUT2D eigenvalue weighted by Crippen LogP contribution is -2.20. The van der Waals surface area contributed by atoms with E-state index in [2.05, 4.69) is 10.3 Å². The Balaban J connectivity index is 2.07. The number of carbonyl (C=O) groups excluding carboxylic acids is 1. The summed E-state index contributed by atoms with van der Waals surface area (Å²) >= 11 is 0. The maximum absolute atomic E-state index is 13.2. The second-order valence-electron chi connectivity index (χ2n) is 5.59. The van der Waals surface area contributed by atoms with Gasteiger partial charge < -0.3 is 5.32 Å². The van der Waals surface area contributed by atoms with Crippen molar-refractivity contribution in [2.45, 2.75) is 12.4 Å². The fourth-order valence-electron chi connectivity index (χ4n) is 2.55. The summed E-state index contributed by atoms with van der Waals surface area (Å²) in [6.07, 6.45) is -8.46. The number of aromatic nitrogens is 1. The third-order valence-electron chi connectivity index (χ3n) is 3.78. The number of fused-ring (bicyclic) bond motifs is 1. The molecule has 3 aromatic rings. The van der Waals surface area contributed by atoms with Crippen molar-refractivity contribution in [1.29, 1.82) is 0 Å². The number of rotatable bonds is 2. The van der Waals surface area contributed by atoms with E-state index in [1.807, 2.05) is 0 Å². The first-order chi connectivity index (χ1) is 12.6. The highest BCUT2D eigenvalue weighted by Crippen LogP contribution is 2.37. The molecule has 0 saturated carbocycles. The SMILES string of the molecule is O=C(Nc1cccc2cccnc12)c1cc(C(F)(F)F)ccc1C(F)(F)F. The molecule has 0 bridgehead atoms. The van der Waals surface area contributed by atoms with Gasteiger partial charge in [-0.15, -0.1) is 0 Å². The second kappa shape index (κ2) is 6.57. The molecule has 0 aliphatic rings. The predicted octanol–water partition coefficient (Wildman–Crippen LogP) is 5.52. The third-order valence-corrected chi connectivity index (χ3v) is 3.78. The van der Waals surface area contributed by atoms with E-state index in [1.165, 1.54) is 18.3 Å². The van der Waals surface area contributed by atoms with Gasteiger partial charge in [-0.3, -0.25) is 9.78 Å². The van der Waals surface area contributed by atoms with E-state index in [1.54, 1.807) is 18.2 Å². The fourth-order valence-corrected chi connectivity index (χ4v) is 2.55. The number of carbonyl (C=O) groups is 1. The van der Waals surface area contributed by atoms with E-state index >= 15 is 0 Å². The number of pyridine rings is 1. The number of hydrogen-bond donors (Lipinski definition) is 1. The molecule has 1 N–H and O–H groups in total. The molecule has 27 heavy (non-hydrogen) atoms. The van der Waals surface area contributed by atoms with E-state index in [4.69, 9.17) is 0 Å². The van der Waals surface area contributed by atoms with E-state index in [0.29, 0.717) is 17.0 Å². The van der Waals surface area contributed by atoms with Crippen LogP contribution in [0.5, 0.6) is 0 Å². The van der Waals surface area contributed by atoms with Crippen LogP contribution in [0.1, 0.15) is 21.5 Å². The second-order valence-corrected chi connectivity index (χ2v) is 5.59. The van der Waals surface area contributed by atoms with Crippen molar-refractivity contribution >= 4 is 22.5 Å². The molecule has 0 aliphatic heterocycles. The van der Waals surface area contributed by atoms with Gasteiger partial charge in [0.05, 0.1) is 27.9 Å². The zero-order chi connectivity index (χ0) is 19.8. The van der Waals surface area contributed by atoms with Gasteiger partial charge in [-0.2, -0.15) is 26.3 Å². The standard InChI is InChI=1S/C18H10F6N2O/c19-17(20,21)11-6-7-13(18(22,23)24)12(9-11)16(27)26-14-5-1-3-10-4-2-8-25-15(10)14/h1-9H,(H,26,27). The fraction of sp³-hybridized carbons (Fsp3) is 0.111. The van der Waals surface area contributed by atoms with Gasteiger partial charge in [-0.25, -0.2) is 0 Å². The summed E-state index contributed by atoms with van der Waals surface area (Å²) in [6.45, 7) is 0. The van der Waals surface area contributed by atoms with Crippen LogP contribution in [0, 0.1) is 0 Å². The number of benzene rings is 2. The lowest BCUT2D eigenvalue weighted by atomic mass is 10.0. The Hall–Kier alpha value is -3.10. The minimum Gasteiger partial charge on any atom is -0.320 e. The van der Waals surface area contributed by atoms with Gasteiger partial charge in [-0.1, -0.05) is 18.2 Å². The highest BCUT2D eigenvalue weighted by molar-refractivity contribution is 6.09. The van der Waals surface area contributed by atoms with Crippen LogP contribution in [-0.2, 0) is 12.4 Å². The van der Waals surface area contributed by atoms with Gasteiger partial charge in [0.25, 0.3) is 5.91 Å². The lowest BCUT2D eigenvalue weighted by Gasteiger charge is -2.16. The Labute approximate surface area is 148 Å².